The molecular formula is C20H22FN3O3S. The van der Waals surface area contributed by atoms with E-state index in [-0.39, 0.29) is 30.6 Å². The number of piperazine rings is 1. The van der Waals surface area contributed by atoms with Crippen LogP contribution in [-0.4, -0.2) is 55.2 Å². The number of nitrogens with zero attached hydrogens (tertiary/aromatic N) is 2. The summed E-state index contributed by atoms with van der Waals surface area (Å²) in [6.07, 6.45) is 0.234. The predicted octanol–water partition coefficient (Wildman–Crippen LogP) is 2.56. The van der Waals surface area contributed by atoms with Crippen molar-refractivity contribution in [2.24, 2.45) is 0 Å². The van der Waals surface area contributed by atoms with Gasteiger partial charge in [-0.15, -0.1) is 0 Å². The Hall–Kier alpha value is -2.74. The Bertz CT molecular complexity index is 862. The van der Waals surface area contributed by atoms with Crippen LogP contribution in [0.5, 0.6) is 0 Å². The number of hydrogen-bond acceptors (Lipinski definition) is 5. The van der Waals surface area contributed by atoms with E-state index in [0.29, 0.717) is 43.0 Å². The summed E-state index contributed by atoms with van der Waals surface area (Å²) in [5.74, 6) is -0.809. The van der Waals surface area contributed by atoms with Crippen molar-refractivity contribution in [2.45, 2.75) is 13.3 Å². The maximum absolute atomic E-state index is 14.3. The largest absolute Gasteiger partial charge is 0.366 e. The van der Waals surface area contributed by atoms with Gasteiger partial charge in [0, 0.05) is 55.7 Å². The molecule has 0 bridgehead atoms. The number of Topliss-reactive ketones (excluding diaryl/α,β-unsaturated/α-hetero) is 1. The maximum atomic E-state index is 14.3. The van der Waals surface area contributed by atoms with Gasteiger partial charge in [-0.25, -0.2) is 4.39 Å². The zero-order valence-electron chi connectivity index (χ0n) is 15.6. The molecule has 0 spiro atoms. The molecule has 28 heavy (non-hydrogen) atoms. The Labute approximate surface area is 166 Å². The second kappa shape index (κ2) is 8.97. The van der Waals surface area contributed by atoms with E-state index in [1.165, 1.54) is 24.3 Å². The summed E-state index contributed by atoms with van der Waals surface area (Å²) >= 11 is 1.45. The van der Waals surface area contributed by atoms with Crippen LogP contribution >= 0.6 is 11.3 Å². The first kappa shape index (κ1) is 20.0. The van der Waals surface area contributed by atoms with Crippen LogP contribution in [0.15, 0.2) is 35.0 Å². The van der Waals surface area contributed by atoms with E-state index in [9.17, 15) is 18.8 Å². The maximum Gasteiger partial charge on any atom is 0.252 e. The number of amides is 2. The molecule has 6 nitrogen and oxygen atoms in total. The molecule has 1 aliphatic rings. The second-order valence-electron chi connectivity index (χ2n) is 6.61. The number of nitrogens with one attached hydrogen (secondary N) is 1. The third kappa shape index (κ3) is 4.75. The van der Waals surface area contributed by atoms with Crippen molar-refractivity contribution in [1.29, 1.82) is 0 Å². The van der Waals surface area contributed by atoms with Crippen LogP contribution < -0.4 is 10.2 Å². The van der Waals surface area contributed by atoms with Crippen LogP contribution in [0.4, 0.5) is 10.1 Å². The van der Waals surface area contributed by atoms with Gasteiger partial charge < -0.3 is 15.1 Å². The monoisotopic (exact) mass is 403 g/mol. The van der Waals surface area contributed by atoms with Crippen LogP contribution in [0, 0.1) is 5.82 Å². The van der Waals surface area contributed by atoms with E-state index in [4.69, 9.17) is 0 Å². The molecule has 0 unspecified atom stereocenters. The summed E-state index contributed by atoms with van der Waals surface area (Å²) in [4.78, 5) is 39.2. The fourth-order valence-electron chi connectivity index (χ4n) is 3.12. The summed E-state index contributed by atoms with van der Waals surface area (Å²) in [6.45, 7) is 3.71. The van der Waals surface area contributed by atoms with Gasteiger partial charge in [-0.1, -0.05) is 0 Å². The molecule has 1 aliphatic heterocycles. The molecule has 1 aromatic heterocycles. The number of anilines is 1. The van der Waals surface area contributed by atoms with Crippen molar-refractivity contribution in [3.05, 3.63) is 52.0 Å². The molecule has 148 valence electrons. The summed E-state index contributed by atoms with van der Waals surface area (Å²) in [6, 6.07) is 6.23. The van der Waals surface area contributed by atoms with Crippen LogP contribution in [0.1, 0.15) is 34.1 Å². The van der Waals surface area contributed by atoms with Gasteiger partial charge in [0.15, 0.2) is 5.78 Å². The van der Waals surface area contributed by atoms with E-state index in [1.807, 2.05) is 10.3 Å². The zero-order valence-corrected chi connectivity index (χ0v) is 16.4. The number of benzene rings is 1. The number of thiophene rings is 1. The van der Waals surface area contributed by atoms with E-state index in [2.05, 4.69) is 5.32 Å². The number of ketones is 1. The average Bonchev–Trinajstić information content (AvgIpc) is 3.23. The lowest BCUT2D eigenvalue weighted by molar-refractivity contribution is -0.131. The molecule has 3 rings (SSSR count). The SMILES string of the molecule is CC(=O)c1ccc(N2CCN(C(=O)CCNC(=O)c3ccsc3)CC2)c(F)c1. The minimum Gasteiger partial charge on any atom is -0.366 e. The summed E-state index contributed by atoms with van der Waals surface area (Å²) < 4.78 is 14.3. The predicted molar refractivity (Wildman–Crippen MR) is 106 cm³/mol. The Morgan fingerprint density at radius 1 is 1.11 bits per heavy atom. The highest BCUT2D eigenvalue weighted by molar-refractivity contribution is 7.08. The Kier molecular flexibility index (Phi) is 6.41. The van der Waals surface area contributed by atoms with E-state index in [1.54, 1.807) is 28.5 Å². The molecule has 2 aromatic rings. The normalized spacial score (nSPS) is 14.1. The van der Waals surface area contributed by atoms with Gasteiger partial charge in [-0.2, -0.15) is 11.3 Å². The van der Waals surface area contributed by atoms with Crippen molar-refractivity contribution >= 4 is 34.6 Å². The van der Waals surface area contributed by atoms with Crippen LogP contribution in [0.25, 0.3) is 0 Å². The molecule has 2 heterocycles. The molecular weight excluding hydrogens is 381 g/mol. The highest BCUT2D eigenvalue weighted by atomic mass is 32.1. The lowest BCUT2D eigenvalue weighted by Gasteiger charge is -2.36. The quantitative estimate of drug-likeness (QED) is 0.753. The summed E-state index contributed by atoms with van der Waals surface area (Å²) in [5.41, 5.74) is 1.39. The highest BCUT2D eigenvalue weighted by Gasteiger charge is 2.23. The fourth-order valence-corrected chi connectivity index (χ4v) is 3.75. The van der Waals surface area contributed by atoms with Gasteiger partial charge in [0.1, 0.15) is 5.82 Å². The van der Waals surface area contributed by atoms with E-state index >= 15 is 0 Å². The zero-order chi connectivity index (χ0) is 20.1. The highest BCUT2D eigenvalue weighted by Crippen LogP contribution is 2.22. The van der Waals surface area contributed by atoms with Gasteiger partial charge in [0.25, 0.3) is 5.91 Å². The average molecular weight is 403 g/mol. The van der Waals surface area contributed by atoms with Crippen molar-refractivity contribution in [1.82, 2.24) is 10.2 Å². The lowest BCUT2D eigenvalue weighted by Crippen LogP contribution is -2.49. The first-order chi connectivity index (χ1) is 13.5. The Balaban J connectivity index is 1.46. The van der Waals surface area contributed by atoms with Crippen molar-refractivity contribution in [3.8, 4) is 0 Å². The lowest BCUT2D eigenvalue weighted by atomic mass is 10.1. The molecule has 1 fully saturated rings. The molecule has 1 N–H and O–H groups in total. The number of carbonyl (C=O) groups excluding carboxylic acids is 3. The molecule has 1 aromatic carbocycles. The molecule has 1 saturated heterocycles. The first-order valence-corrected chi connectivity index (χ1v) is 10.0. The van der Waals surface area contributed by atoms with Gasteiger partial charge in [-0.3, -0.25) is 14.4 Å². The number of halogens is 1. The van der Waals surface area contributed by atoms with Crippen molar-refractivity contribution < 1.29 is 18.8 Å². The summed E-state index contributed by atoms with van der Waals surface area (Å²) in [7, 11) is 0. The number of hydrogen-bond donors (Lipinski definition) is 1. The third-order valence-corrected chi connectivity index (χ3v) is 5.42. The minimum atomic E-state index is -0.427. The van der Waals surface area contributed by atoms with Gasteiger partial charge in [-0.05, 0) is 36.6 Å². The Morgan fingerprint density at radius 2 is 1.86 bits per heavy atom. The van der Waals surface area contributed by atoms with Crippen molar-refractivity contribution in [3.63, 3.8) is 0 Å². The third-order valence-electron chi connectivity index (χ3n) is 4.74. The standard InChI is InChI=1S/C20H22FN3O3S/c1-14(25)15-2-3-18(17(21)12-15)23-7-9-24(10-8-23)19(26)4-6-22-20(27)16-5-11-28-13-16/h2-3,5,11-13H,4,6-10H2,1H3,(H,22,27). The smallest absolute Gasteiger partial charge is 0.252 e. The molecule has 2 amide bonds. The Morgan fingerprint density at radius 3 is 2.46 bits per heavy atom. The molecule has 0 aliphatic carbocycles. The molecule has 0 atom stereocenters. The molecule has 0 saturated carbocycles. The van der Waals surface area contributed by atoms with Crippen molar-refractivity contribution in [2.75, 3.05) is 37.6 Å². The van der Waals surface area contributed by atoms with Crippen LogP contribution in [0.3, 0.4) is 0 Å². The molecule has 0 radical (unpaired) electrons. The topological polar surface area (TPSA) is 69.7 Å². The van der Waals surface area contributed by atoms with Crippen LogP contribution in [-0.2, 0) is 4.79 Å². The second-order valence-corrected chi connectivity index (χ2v) is 7.39. The van der Waals surface area contributed by atoms with Gasteiger partial charge in [0.2, 0.25) is 5.91 Å². The van der Waals surface area contributed by atoms with Gasteiger partial charge in [0.05, 0.1) is 5.69 Å². The molecule has 8 heteroatoms. The van der Waals surface area contributed by atoms with E-state index < -0.39 is 5.82 Å². The summed E-state index contributed by atoms with van der Waals surface area (Å²) in [5, 5.41) is 6.34. The first-order valence-electron chi connectivity index (χ1n) is 9.09. The minimum absolute atomic E-state index is 0.0299. The van der Waals surface area contributed by atoms with Crippen LogP contribution in [0.2, 0.25) is 0 Å². The van der Waals surface area contributed by atoms with Gasteiger partial charge >= 0.3 is 0 Å². The number of carbonyl (C=O) groups is 3. The fraction of sp³-hybridized carbons (Fsp3) is 0.350. The number of rotatable bonds is 6. The van der Waals surface area contributed by atoms with E-state index in [0.717, 1.165) is 0 Å².